The number of hydrogen-bond donors (Lipinski definition) is 0. The molecule has 0 aliphatic carbocycles. The summed E-state index contributed by atoms with van der Waals surface area (Å²) in [5.41, 5.74) is 3.59. The number of aromatic nitrogens is 1. The van der Waals surface area contributed by atoms with Crippen LogP contribution in [0, 0.1) is 17.3 Å². The number of pyridine rings is 1. The molecule has 0 aliphatic rings. The summed E-state index contributed by atoms with van der Waals surface area (Å²) >= 11 is 0. The van der Waals surface area contributed by atoms with E-state index < -0.39 is 9.04 Å². The first kappa shape index (κ1) is 30.6. The Morgan fingerprint density at radius 2 is 1.64 bits per heavy atom. The van der Waals surface area contributed by atoms with Gasteiger partial charge in [-0.3, -0.25) is 0 Å². The molecule has 1 atom stereocenters. The highest BCUT2D eigenvalue weighted by atomic mass is 28.3. The first-order valence-electron chi connectivity index (χ1n) is 14.2. The van der Waals surface area contributed by atoms with E-state index in [2.05, 4.69) is 76.9 Å². The Labute approximate surface area is 237 Å². The first-order chi connectivity index (χ1) is 18.6. The van der Waals surface area contributed by atoms with Gasteiger partial charge >= 0.3 is 5.97 Å². The van der Waals surface area contributed by atoms with Crippen LogP contribution in [-0.4, -0.2) is 27.1 Å². The highest BCUT2D eigenvalue weighted by molar-refractivity contribution is 6.48. The van der Waals surface area contributed by atoms with Crippen LogP contribution < -0.4 is 0 Å². The lowest BCUT2D eigenvalue weighted by atomic mass is 9.69. The van der Waals surface area contributed by atoms with Gasteiger partial charge in [0.15, 0.2) is 0 Å². The number of hydrogen-bond acceptors (Lipinski definition) is 4. The third-order valence-electron chi connectivity index (χ3n) is 7.25. The van der Waals surface area contributed by atoms with E-state index >= 15 is 0 Å². The van der Waals surface area contributed by atoms with Crippen molar-refractivity contribution >= 4 is 25.9 Å². The van der Waals surface area contributed by atoms with Gasteiger partial charge in [-0.25, -0.2) is 9.78 Å². The van der Waals surface area contributed by atoms with Crippen molar-refractivity contribution in [3.63, 3.8) is 0 Å². The normalized spacial score (nSPS) is 13.1. The third-order valence-corrected chi connectivity index (χ3v) is 8.01. The quantitative estimate of drug-likeness (QED) is 0.105. The molecule has 207 valence electrons. The first-order valence-corrected chi connectivity index (χ1v) is 16.6. The van der Waals surface area contributed by atoms with Crippen LogP contribution >= 0.6 is 0 Å². The lowest BCUT2D eigenvalue weighted by molar-refractivity contribution is -0.0505. The number of rotatable bonds is 11. The molecule has 0 saturated heterocycles. The Morgan fingerprint density at radius 1 is 0.923 bits per heavy atom. The largest absolute Gasteiger partial charge is 0.465 e. The van der Waals surface area contributed by atoms with Crippen molar-refractivity contribution in [3.05, 3.63) is 77.0 Å². The van der Waals surface area contributed by atoms with Crippen molar-refractivity contribution in [2.75, 3.05) is 7.11 Å². The predicted molar refractivity (Wildman–Crippen MR) is 163 cm³/mol. The summed E-state index contributed by atoms with van der Waals surface area (Å²) in [6.07, 6.45) is 8.57. The Bertz CT molecular complexity index is 1320. The van der Waals surface area contributed by atoms with E-state index in [0.29, 0.717) is 11.3 Å². The molecule has 0 amide bonds. The molecular formula is C34H44NO3Si. The van der Waals surface area contributed by atoms with Crippen molar-refractivity contribution in [1.82, 2.24) is 4.98 Å². The Kier molecular flexibility index (Phi) is 10.9. The molecule has 0 aliphatic heterocycles. The van der Waals surface area contributed by atoms with Gasteiger partial charge in [0.05, 0.1) is 23.8 Å². The van der Waals surface area contributed by atoms with Crippen LogP contribution in [0.1, 0.15) is 99.8 Å². The van der Waals surface area contributed by atoms with Crippen molar-refractivity contribution < 1.29 is 14.0 Å². The minimum atomic E-state index is -0.957. The zero-order chi connectivity index (χ0) is 28.5. The number of esters is 1. The summed E-state index contributed by atoms with van der Waals surface area (Å²) in [6, 6.07) is 17.8. The number of unbranched alkanes of at least 4 members (excludes halogenated alkanes) is 5. The van der Waals surface area contributed by atoms with Gasteiger partial charge in [0.2, 0.25) is 9.04 Å². The predicted octanol–water partition coefficient (Wildman–Crippen LogP) is 8.68. The van der Waals surface area contributed by atoms with Crippen LogP contribution in [0.4, 0.5) is 0 Å². The number of benzene rings is 2. The molecule has 0 bridgehead atoms. The van der Waals surface area contributed by atoms with Crippen molar-refractivity contribution in [3.8, 4) is 11.8 Å². The van der Waals surface area contributed by atoms with Crippen LogP contribution in [0.3, 0.4) is 0 Å². The fourth-order valence-electron chi connectivity index (χ4n) is 5.13. The van der Waals surface area contributed by atoms with E-state index in [1.807, 2.05) is 18.2 Å². The number of nitrogens with zero attached hydrogens (tertiary/aromatic N) is 1. The molecule has 0 N–H and O–H groups in total. The smallest absolute Gasteiger partial charge is 0.337 e. The van der Waals surface area contributed by atoms with E-state index in [9.17, 15) is 4.79 Å². The molecule has 0 saturated carbocycles. The number of ether oxygens (including phenoxy) is 1. The molecule has 3 aromatic rings. The molecule has 1 aromatic heterocycles. The van der Waals surface area contributed by atoms with Crippen LogP contribution in [0.15, 0.2) is 54.6 Å². The van der Waals surface area contributed by atoms with Gasteiger partial charge in [-0.05, 0) is 66.7 Å². The highest BCUT2D eigenvalue weighted by Gasteiger charge is 2.44. The van der Waals surface area contributed by atoms with Gasteiger partial charge in [0.1, 0.15) is 5.69 Å². The van der Waals surface area contributed by atoms with Gasteiger partial charge in [0.25, 0.3) is 0 Å². The summed E-state index contributed by atoms with van der Waals surface area (Å²) < 4.78 is 11.8. The third kappa shape index (κ3) is 8.03. The molecule has 0 fully saturated rings. The standard InChI is InChI=1S/C34H44NO3Si/c1-8-9-10-11-12-13-23-34(33(2,3)4,38-39(6)7)29-20-18-27-19-22-30(35-31(27)25-29)21-17-26-15-14-16-28(24-26)32(36)37-5/h14-16,18-20,22,24-25H,8-13,23H2,1-7H3. The summed E-state index contributed by atoms with van der Waals surface area (Å²) in [7, 11) is 0.421. The van der Waals surface area contributed by atoms with Crippen molar-refractivity contribution in [2.45, 2.75) is 91.3 Å². The molecule has 1 heterocycles. The van der Waals surface area contributed by atoms with Crippen LogP contribution in [0.2, 0.25) is 13.1 Å². The number of carbonyl (C=O) groups is 1. The number of fused-ring (bicyclic) bond motifs is 1. The molecule has 1 unspecified atom stereocenters. The van der Waals surface area contributed by atoms with E-state index in [1.54, 1.807) is 12.1 Å². The Balaban J connectivity index is 1.96. The van der Waals surface area contributed by atoms with E-state index in [1.165, 1.54) is 44.8 Å². The van der Waals surface area contributed by atoms with Crippen LogP contribution in [-0.2, 0) is 14.8 Å². The zero-order valence-corrected chi connectivity index (χ0v) is 25.8. The Morgan fingerprint density at radius 3 is 2.33 bits per heavy atom. The zero-order valence-electron chi connectivity index (χ0n) is 24.8. The van der Waals surface area contributed by atoms with E-state index in [4.69, 9.17) is 14.1 Å². The molecule has 39 heavy (non-hydrogen) atoms. The molecule has 4 nitrogen and oxygen atoms in total. The minimum Gasteiger partial charge on any atom is -0.465 e. The molecule has 1 radical (unpaired) electrons. The second kappa shape index (κ2) is 13.9. The number of carbonyl (C=O) groups excluding carboxylic acids is 1. The lowest BCUT2D eigenvalue weighted by Crippen LogP contribution is -2.45. The molecule has 3 rings (SSSR count). The van der Waals surface area contributed by atoms with Crippen molar-refractivity contribution in [1.29, 1.82) is 0 Å². The molecule has 2 aromatic carbocycles. The fraction of sp³-hybridized carbons (Fsp3) is 0.471. The SMILES string of the molecule is CCCCCCCCC(O[Si](C)C)(c1ccc2ccc(C#Cc3cccc(C(=O)OC)c3)nc2c1)C(C)(C)C. The topological polar surface area (TPSA) is 48.4 Å². The summed E-state index contributed by atoms with van der Waals surface area (Å²) in [5, 5.41) is 1.08. The monoisotopic (exact) mass is 542 g/mol. The Hall–Kier alpha value is -2.94. The minimum absolute atomic E-state index is 0.0753. The second-order valence-corrected chi connectivity index (χ2v) is 13.6. The van der Waals surface area contributed by atoms with Gasteiger partial charge in [-0.2, -0.15) is 0 Å². The average molecular weight is 543 g/mol. The molecule has 0 spiro atoms. The average Bonchev–Trinajstić information content (AvgIpc) is 2.91. The highest BCUT2D eigenvalue weighted by Crippen LogP contribution is 2.47. The van der Waals surface area contributed by atoms with Gasteiger partial charge in [-0.15, -0.1) is 0 Å². The lowest BCUT2D eigenvalue weighted by Gasteiger charge is -2.47. The van der Waals surface area contributed by atoms with E-state index in [-0.39, 0.29) is 17.0 Å². The summed E-state index contributed by atoms with van der Waals surface area (Å²) in [5.74, 6) is 5.95. The second-order valence-electron chi connectivity index (χ2n) is 11.5. The maximum absolute atomic E-state index is 11.9. The molecular weight excluding hydrogens is 498 g/mol. The maximum atomic E-state index is 11.9. The van der Waals surface area contributed by atoms with Crippen LogP contribution in [0.25, 0.3) is 10.9 Å². The van der Waals surface area contributed by atoms with Gasteiger partial charge < -0.3 is 9.16 Å². The van der Waals surface area contributed by atoms with E-state index in [0.717, 1.165) is 29.3 Å². The van der Waals surface area contributed by atoms with Crippen molar-refractivity contribution in [2.24, 2.45) is 5.41 Å². The van der Waals surface area contributed by atoms with Gasteiger partial charge in [-0.1, -0.05) is 96.4 Å². The van der Waals surface area contributed by atoms with Crippen LogP contribution in [0.5, 0.6) is 0 Å². The summed E-state index contributed by atoms with van der Waals surface area (Å²) in [4.78, 5) is 16.8. The fourth-order valence-corrected chi connectivity index (χ4v) is 6.36. The number of methoxy groups -OCH3 is 1. The van der Waals surface area contributed by atoms with Gasteiger partial charge in [0, 0.05) is 10.9 Å². The summed E-state index contributed by atoms with van der Waals surface area (Å²) in [6.45, 7) is 13.6. The maximum Gasteiger partial charge on any atom is 0.337 e. The molecule has 5 heteroatoms.